The van der Waals surface area contributed by atoms with Crippen molar-refractivity contribution in [3.05, 3.63) is 41.2 Å². The number of hydrogen-bond donors (Lipinski definition) is 1. The molecule has 0 radical (unpaired) electrons. The topological polar surface area (TPSA) is 56.7 Å². The molecule has 6 heteroatoms. The van der Waals surface area contributed by atoms with E-state index in [1.807, 2.05) is 24.3 Å². The third-order valence-electron chi connectivity index (χ3n) is 3.06. The smallest absolute Gasteiger partial charge is 0.195 e. The van der Waals surface area contributed by atoms with Crippen LogP contribution in [-0.4, -0.2) is 19.5 Å². The van der Waals surface area contributed by atoms with Gasteiger partial charge in [0.1, 0.15) is 5.82 Å². The molecule has 0 aliphatic heterocycles. The van der Waals surface area contributed by atoms with E-state index in [1.54, 1.807) is 11.3 Å². The fraction of sp³-hybridized carbons (Fsp3) is 0.214. The summed E-state index contributed by atoms with van der Waals surface area (Å²) < 4.78 is 2.05. The Bertz CT molecular complexity index is 772. The van der Waals surface area contributed by atoms with Crippen LogP contribution in [-0.2, 0) is 12.8 Å². The fourth-order valence-electron chi connectivity index (χ4n) is 2.13. The maximum Gasteiger partial charge on any atom is 0.195 e. The predicted octanol–water partition coefficient (Wildman–Crippen LogP) is 2.87. The van der Waals surface area contributed by atoms with Gasteiger partial charge < -0.3 is 5.73 Å². The van der Waals surface area contributed by atoms with Crippen molar-refractivity contribution < 1.29 is 0 Å². The largest absolute Gasteiger partial charge is 0.393 e. The van der Waals surface area contributed by atoms with Crippen LogP contribution in [0.5, 0.6) is 0 Å². The summed E-state index contributed by atoms with van der Waals surface area (Å²) in [6.45, 7) is 2.10. The van der Waals surface area contributed by atoms with Crippen molar-refractivity contribution in [3.8, 4) is 5.13 Å². The van der Waals surface area contributed by atoms with E-state index >= 15 is 0 Å². The highest BCUT2D eigenvalue weighted by Crippen LogP contribution is 2.24. The highest BCUT2D eigenvalue weighted by molar-refractivity contribution is 7.80. The molecule has 2 N–H and O–H groups in total. The van der Waals surface area contributed by atoms with E-state index in [4.69, 9.17) is 18.0 Å². The van der Waals surface area contributed by atoms with Crippen LogP contribution in [0.25, 0.3) is 16.2 Å². The molecular formula is C14H14N4S2. The molecule has 20 heavy (non-hydrogen) atoms. The minimum atomic E-state index is 0.439. The Morgan fingerprint density at radius 3 is 2.85 bits per heavy atom. The van der Waals surface area contributed by atoms with Gasteiger partial charge in [-0.1, -0.05) is 31.3 Å². The van der Waals surface area contributed by atoms with Gasteiger partial charge in [-0.2, -0.15) is 0 Å². The van der Waals surface area contributed by atoms with Crippen LogP contribution in [0.4, 0.5) is 0 Å². The molecule has 0 amide bonds. The average Bonchev–Trinajstić information content (AvgIpc) is 3.00. The van der Waals surface area contributed by atoms with E-state index in [2.05, 4.69) is 26.8 Å². The summed E-state index contributed by atoms with van der Waals surface area (Å²) in [4.78, 5) is 9.71. The lowest BCUT2D eigenvalue weighted by Crippen LogP contribution is -2.14. The van der Waals surface area contributed by atoms with Gasteiger partial charge in [-0.3, -0.25) is 4.57 Å². The molecule has 4 nitrogen and oxygen atoms in total. The molecule has 0 saturated carbocycles. The van der Waals surface area contributed by atoms with Gasteiger partial charge in [0, 0.05) is 5.38 Å². The monoisotopic (exact) mass is 302 g/mol. The molecule has 0 fully saturated rings. The normalized spacial score (nSPS) is 11.1. The van der Waals surface area contributed by atoms with E-state index in [-0.39, 0.29) is 0 Å². The zero-order valence-corrected chi connectivity index (χ0v) is 12.7. The van der Waals surface area contributed by atoms with Gasteiger partial charge in [0.05, 0.1) is 28.1 Å². The second-order valence-corrected chi connectivity index (χ2v) is 5.83. The average molecular weight is 302 g/mol. The molecule has 1 aromatic carbocycles. The number of hydrogen-bond acceptors (Lipinski definition) is 4. The number of rotatable bonds is 4. The van der Waals surface area contributed by atoms with Crippen LogP contribution in [0.2, 0.25) is 0 Å². The maximum atomic E-state index is 5.69. The minimum Gasteiger partial charge on any atom is -0.393 e. The third-order valence-corrected chi connectivity index (χ3v) is 4.07. The number of aromatic nitrogens is 3. The van der Waals surface area contributed by atoms with Crippen molar-refractivity contribution in [1.82, 2.24) is 14.5 Å². The highest BCUT2D eigenvalue weighted by Gasteiger charge is 2.15. The Kier molecular flexibility index (Phi) is 3.50. The van der Waals surface area contributed by atoms with Crippen LogP contribution >= 0.6 is 23.6 Å². The number of thiocarbonyl (C=S) groups is 1. The third kappa shape index (κ3) is 2.32. The van der Waals surface area contributed by atoms with Gasteiger partial charge >= 0.3 is 0 Å². The van der Waals surface area contributed by atoms with E-state index in [1.165, 1.54) is 0 Å². The molecule has 0 saturated heterocycles. The van der Waals surface area contributed by atoms with Crippen molar-refractivity contribution in [2.45, 2.75) is 19.8 Å². The summed E-state index contributed by atoms with van der Waals surface area (Å²) in [5.74, 6) is 0.843. The maximum absolute atomic E-state index is 5.69. The number of nitrogens with zero attached hydrogens (tertiary/aromatic N) is 3. The Morgan fingerprint density at radius 2 is 2.15 bits per heavy atom. The van der Waals surface area contributed by atoms with Crippen molar-refractivity contribution in [1.29, 1.82) is 0 Å². The second kappa shape index (κ2) is 5.30. The summed E-state index contributed by atoms with van der Waals surface area (Å²) in [6, 6.07) is 8.00. The Labute approximate surface area is 126 Å². The fourth-order valence-corrected chi connectivity index (χ4v) is 3.19. The van der Waals surface area contributed by atoms with Crippen LogP contribution < -0.4 is 5.73 Å². The lowest BCUT2D eigenvalue weighted by atomic mass is 10.3. The molecular weight excluding hydrogens is 288 g/mol. The Morgan fingerprint density at radius 1 is 1.35 bits per heavy atom. The molecule has 2 heterocycles. The molecule has 0 spiro atoms. The summed E-state index contributed by atoms with van der Waals surface area (Å²) in [5.41, 5.74) is 8.75. The number of thiazole rings is 1. The molecule has 0 aliphatic rings. The molecule has 102 valence electrons. The van der Waals surface area contributed by atoms with Crippen molar-refractivity contribution in [2.24, 2.45) is 5.73 Å². The molecule has 3 rings (SSSR count). The summed E-state index contributed by atoms with van der Waals surface area (Å²) in [5, 5.41) is 3.00. The van der Waals surface area contributed by atoms with Gasteiger partial charge in [-0.15, -0.1) is 11.3 Å². The van der Waals surface area contributed by atoms with Gasteiger partial charge in [-0.25, -0.2) is 9.97 Å². The first-order valence-electron chi connectivity index (χ1n) is 6.38. The van der Waals surface area contributed by atoms with Gasteiger partial charge in [-0.05, 0) is 18.6 Å². The standard InChI is InChI=1S/C14H14N4S2/c1-2-9-8-20-14(16-9)18-11-6-4-3-5-10(11)17-13(18)7-12(15)19/h3-6,8H,2,7H2,1H3,(H2,15,19). The van der Waals surface area contributed by atoms with E-state index in [9.17, 15) is 0 Å². The van der Waals surface area contributed by atoms with E-state index < -0.39 is 0 Å². The molecule has 0 bridgehead atoms. The van der Waals surface area contributed by atoms with Gasteiger partial charge in [0.25, 0.3) is 0 Å². The number of para-hydroxylation sites is 2. The summed E-state index contributed by atoms with van der Waals surface area (Å²) in [6.07, 6.45) is 1.40. The Hall–Kier alpha value is -1.79. The number of aryl methyl sites for hydroxylation is 1. The highest BCUT2D eigenvalue weighted by atomic mass is 32.1. The van der Waals surface area contributed by atoms with E-state index in [0.29, 0.717) is 11.4 Å². The first-order chi connectivity index (χ1) is 9.69. The molecule has 0 unspecified atom stereocenters. The second-order valence-electron chi connectivity index (χ2n) is 4.47. The zero-order chi connectivity index (χ0) is 14.1. The number of imidazole rings is 1. The van der Waals surface area contributed by atoms with Gasteiger partial charge in [0.15, 0.2) is 5.13 Å². The number of benzene rings is 1. The molecule has 2 aromatic heterocycles. The Balaban J connectivity index is 2.22. The van der Waals surface area contributed by atoms with Crippen LogP contribution in [0.15, 0.2) is 29.6 Å². The molecule has 0 atom stereocenters. The number of fused-ring (bicyclic) bond motifs is 1. The van der Waals surface area contributed by atoms with Crippen molar-refractivity contribution in [3.63, 3.8) is 0 Å². The lowest BCUT2D eigenvalue weighted by molar-refractivity contribution is 0.936. The number of nitrogens with two attached hydrogens (primary N) is 1. The first-order valence-corrected chi connectivity index (χ1v) is 7.67. The molecule has 3 aromatic rings. The first kappa shape index (κ1) is 13.2. The van der Waals surface area contributed by atoms with Crippen molar-refractivity contribution >= 4 is 39.6 Å². The van der Waals surface area contributed by atoms with E-state index in [0.717, 1.165) is 34.1 Å². The zero-order valence-electron chi connectivity index (χ0n) is 11.0. The van der Waals surface area contributed by atoms with Crippen molar-refractivity contribution in [2.75, 3.05) is 0 Å². The van der Waals surface area contributed by atoms with Crippen LogP contribution in [0, 0.1) is 0 Å². The molecule has 0 aliphatic carbocycles. The summed E-state index contributed by atoms with van der Waals surface area (Å²) in [7, 11) is 0. The minimum absolute atomic E-state index is 0.439. The van der Waals surface area contributed by atoms with Gasteiger partial charge in [0.2, 0.25) is 0 Å². The predicted molar refractivity (Wildman–Crippen MR) is 86.6 cm³/mol. The quantitative estimate of drug-likeness (QED) is 0.753. The summed E-state index contributed by atoms with van der Waals surface area (Å²) >= 11 is 6.64. The SMILES string of the molecule is CCc1csc(-n2c(CC(N)=S)nc3ccccc32)n1. The van der Waals surface area contributed by atoms with Crippen LogP contribution in [0.1, 0.15) is 18.4 Å². The lowest BCUT2D eigenvalue weighted by Gasteiger charge is -2.04. The van der Waals surface area contributed by atoms with Crippen LogP contribution in [0.3, 0.4) is 0 Å².